The number of carboxylic acid groups (broad SMARTS) is 1. The van der Waals surface area contributed by atoms with Crippen LogP contribution < -0.4 is 5.32 Å². The SMILES string of the molecule is Cc1nnc(SCC2=C(C(=O)O)N3C(=O)[C@@H](NC(=O)[C@@H](C)Cn4cc(Cl)cn4)[C@@H]3SC2)s1. The lowest BCUT2D eigenvalue weighted by Gasteiger charge is -2.49. The molecule has 170 valence electrons. The Balaban J connectivity index is 1.41. The Bertz CT molecular complexity index is 1100. The molecule has 3 atom stereocenters. The first-order chi connectivity index (χ1) is 15.2. The second-order valence-corrected chi connectivity index (χ2v) is 11.3. The first-order valence-electron chi connectivity index (χ1n) is 9.56. The van der Waals surface area contributed by atoms with Crippen molar-refractivity contribution in [2.75, 3.05) is 11.5 Å². The number of aliphatic carboxylic acids is 1. The predicted molar refractivity (Wildman–Crippen MR) is 121 cm³/mol. The van der Waals surface area contributed by atoms with Crippen LogP contribution in [0.5, 0.6) is 0 Å². The van der Waals surface area contributed by atoms with Gasteiger partial charge in [0.25, 0.3) is 5.91 Å². The van der Waals surface area contributed by atoms with Gasteiger partial charge in [-0.05, 0) is 12.5 Å². The highest BCUT2D eigenvalue weighted by Gasteiger charge is 2.54. The van der Waals surface area contributed by atoms with E-state index in [2.05, 4.69) is 20.6 Å². The second-order valence-electron chi connectivity index (χ2n) is 7.31. The third kappa shape index (κ3) is 4.65. The van der Waals surface area contributed by atoms with Gasteiger partial charge in [-0.2, -0.15) is 5.10 Å². The molecule has 0 unspecified atom stereocenters. The quantitative estimate of drug-likeness (QED) is 0.400. The summed E-state index contributed by atoms with van der Waals surface area (Å²) in [6.07, 6.45) is 3.10. The van der Waals surface area contributed by atoms with Crippen LogP contribution in [0.2, 0.25) is 5.02 Å². The molecular formula is C18H19ClN6O4S3. The number of carbonyl (C=O) groups excluding carboxylic acids is 2. The molecule has 0 spiro atoms. The summed E-state index contributed by atoms with van der Waals surface area (Å²) in [6.45, 7) is 3.89. The number of halogens is 1. The van der Waals surface area contributed by atoms with E-state index in [1.165, 1.54) is 46.0 Å². The van der Waals surface area contributed by atoms with E-state index in [1.807, 2.05) is 6.92 Å². The van der Waals surface area contributed by atoms with E-state index < -0.39 is 29.2 Å². The van der Waals surface area contributed by atoms with E-state index in [4.69, 9.17) is 11.6 Å². The molecule has 10 nitrogen and oxygen atoms in total. The Hall–Kier alpha value is -2.09. The van der Waals surface area contributed by atoms with Gasteiger partial charge in [-0.1, -0.05) is 41.6 Å². The predicted octanol–water partition coefficient (Wildman–Crippen LogP) is 1.86. The van der Waals surface area contributed by atoms with Gasteiger partial charge in [0.15, 0.2) is 4.34 Å². The zero-order valence-corrected chi connectivity index (χ0v) is 20.2. The number of thioether (sulfide) groups is 2. The number of nitrogens with one attached hydrogen (secondary N) is 1. The fourth-order valence-corrected chi connectivity index (χ4v) is 6.83. The monoisotopic (exact) mass is 514 g/mol. The standard InChI is InChI=1S/C18H19ClN6O4S3/c1-8(4-24-5-11(19)3-20-24)14(26)21-12-15(27)25-13(17(28)29)10(6-30-16(12)25)7-31-18-23-22-9(2)32-18/h3,5,8,12,16H,4,6-7H2,1-2H3,(H,21,26)(H,28,29)/t8-,12+,16-/m0/s1. The molecule has 4 rings (SSSR count). The summed E-state index contributed by atoms with van der Waals surface area (Å²) in [6, 6.07) is -0.759. The van der Waals surface area contributed by atoms with Crippen molar-refractivity contribution >= 4 is 64.2 Å². The molecule has 32 heavy (non-hydrogen) atoms. The number of hydrogen-bond acceptors (Lipinski definition) is 9. The van der Waals surface area contributed by atoms with Crippen molar-refractivity contribution < 1.29 is 19.5 Å². The van der Waals surface area contributed by atoms with E-state index in [0.29, 0.717) is 28.6 Å². The zero-order chi connectivity index (χ0) is 23.0. The number of aromatic nitrogens is 4. The third-order valence-electron chi connectivity index (χ3n) is 4.94. The molecule has 2 aromatic heterocycles. The molecule has 0 saturated carbocycles. The summed E-state index contributed by atoms with van der Waals surface area (Å²) in [5, 5.41) is 25.4. The molecule has 0 aliphatic carbocycles. The summed E-state index contributed by atoms with van der Waals surface area (Å²) in [4.78, 5) is 38.6. The van der Waals surface area contributed by atoms with Gasteiger partial charge in [-0.25, -0.2) is 4.79 Å². The fourth-order valence-electron chi connectivity index (χ4n) is 3.38. The summed E-state index contributed by atoms with van der Waals surface area (Å²) < 4.78 is 2.31. The number of carbonyl (C=O) groups is 3. The van der Waals surface area contributed by atoms with Gasteiger partial charge in [0, 0.05) is 17.7 Å². The van der Waals surface area contributed by atoms with E-state index in [1.54, 1.807) is 17.8 Å². The molecule has 2 aliphatic rings. The maximum atomic E-state index is 12.8. The number of rotatable bonds is 8. The molecule has 0 aromatic carbocycles. The van der Waals surface area contributed by atoms with Crippen LogP contribution in [0.4, 0.5) is 0 Å². The number of β-lactam (4-membered cyclic amide) rings is 1. The maximum absolute atomic E-state index is 12.8. The fraction of sp³-hybridized carbons (Fsp3) is 0.444. The Kier molecular flexibility index (Phi) is 6.79. The lowest BCUT2D eigenvalue weighted by molar-refractivity contribution is -0.151. The summed E-state index contributed by atoms with van der Waals surface area (Å²) in [7, 11) is 0. The summed E-state index contributed by atoms with van der Waals surface area (Å²) >= 11 is 10.1. The van der Waals surface area contributed by atoms with Gasteiger partial charge in [-0.3, -0.25) is 19.2 Å². The van der Waals surface area contributed by atoms with Crippen LogP contribution in [0.3, 0.4) is 0 Å². The van der Waals surface area contributed by atoms with Gasteiger partial charge in [0.05, 0.1) is 23.7 Å². The minimum Gasteiger partial charge on any atom is -0.477 e. The Morgan fingerprint density at radius 3 is 2.84 bits per heavy atom. The number of amides is 2. The Labute approximate surface area is 200 Å². The topological polar surface area (TPSA) is 130 Å². The normalized spacial score (nSPS) is 21.2. The smallest absolute Gasteiger partial charge is 0.352 e. The average molecular weight is 515 g/mol. The summed E-state index contributed by atoms with van der Waals surface area (Å²) in [5.74, 6) is -1.46. The van der Waals surface area contributed by atoms with Crippen molar-refractivity contribution in [1.29, 1.82) is 0 Å². The molecule has 2 N–H and O–H groups in total. The molecule has 1 fully saturated rings. The van der Waals surface area contributed by atoms with Crippen LogP contribution in [-0.4, -0.2) is 70.7 Å². The molecule has 2 aromatic rings. The molecule has 2 amide bonds. The van der Waals surface area contributed by atoms with Crippen molar-refractivity contribution in [3.63, 3.8) is 0 Å². The largest absolute Gasteiger partial charge is 0.477 e. The van der Waals surface area contributed by atoms with Crippen LogP contribution in [0.25, 0.3) is 0 Å². The van der Waals surface area contributed by atoms with Crippen LogP contribution in [0.1, 0.15) is 11.9 Å². The average Bonchev–Trinajstić information content (AvgIpc) is 3.36. The number of aryl methyl sites for hydroxylation is 1. The number of hydrogen-bond donors (Lipinski definition) is 2. The lowest BCUT2D eigenvalue weighted by Crippen LogP contribution is -2.71. The second kappa shape index (κ2) is 9.41. The molecule has 0 bridgehead atoms. The van der Waals surface area contributed by atoms with Gasteiger partial charge in [0.2, 0.25) is 5.91 Å². The van der Waals surface area contributed by atoms with Gasteiger partial charge < -0.3 is 10.4 Å². The first-order valence-corrected chi connectivity index (χ1v) is 12.8. The van der Waals surface area contributed by atoms with Crippen LogP contribution >= 0.6 is 46.5 Å². The van der Waals surface area contributed by atoms with Crippen LogP contribution in [0.15, 0.2) is 28.0 Å². The van der Waals surface area contributed by atoms with Crippen molar-refractivity contribution in [3.8, 4) is 0 Å². The van der Waals surface area contributed by atoms with Gasteiger partial charge >= 0.3 is 5.97 Å². The molecule has 1 saturated heterocycles. The van der Waals surface area contributed by atoms with Gasteiger partial charge in [-0.15, -0.1) is 22.0 Å². The number of fused-ring (bicyclic) bond motifs is 1. The van der Waals surface area contributed by atoms with Crippen molar-refractivity contribution in [3.05, 3.63) is 33.7 Å². The molecule has 0 radical (unpaired) electrons. The van der Waals surface area contributed by atoms with Crippen molar-refractivity contribution in [2.45, 2.75) is 36.1 Å². The highest BCUT2D eigenvalue weighted by atomic mass is 35.5. The van der Waals surface area contributed by atoms with E-state index in [9.17, 15) is 19.5 Å². The Morgan fingerprint density at radius 1 is 1.44 bits per heavy atom. The van der Waals surface area contributed by atoms with Crippen LogP contribution in [0, 0.1) is 12.8 Å². The van der Waals surface area contributed by atoms with Crippen LogP contribution in [-0.2, 0) is 20.9 Å². The van der Waals surface area contributed by atoms with E-state index >= 15 is 0 Å². The maximum Gasteiger partial charge on any atom is 0.352 e. The zero-order valence-electron chi connectivity index (χ0n) is 17.0. The molecule has 14 heteroatoms. The lowest BCUT2D eigenvalue weighted by atomic mass is 10.0. The van der Waals surface area contributed by atoms with E-state index in [0.717, 1.165) is 9.35 Å². The summed E-state index contributed by atoms with van der Waals surface area (Å²) in [5.41, 5.74) is 0.649. The highest BCUT2D eigenvalue weighted by molar-refractivity contribution is 8.01. The van der Waals surface area contributed by atoms with Crippen molar-refractivity contribution in [2.24, 2.45) is 5.92 Å². The van der Waals surface area contributed by atoms with E-state index in [-0.39, 0.29) is 11.6 Å². The van der Waals surface area contributed by atoms with Crippen molar-refractivity contribution in [1.82, 2.24) is 30.2 Å². The Morgan fingerprint density at radius 2 is 2.22 bits per heavy atom. The number of carboxylic acids is 1. The van der Waals surface area contributed by atoms with Gasteiger partial charge in [0.1, 0.15) is 22.1 Å². The minimum absolute atomic E-state index is 0.00258. The molecule has 4 heterocycles. The molecule has 2 aliphatic heterocycles. The third-order valence-corrected chi connectivity index (χ3v) is 8.53. The number of nitrogens with zero attached hydrogens (tertiary/aromatic N) is 5. The highest BCUT2D eigenvalue weighted by Crippen LogP contribution is 2.41. The minimum atomic E-state index is -1.15. The first kappa shape index (κ1) is 23.1. The molecular weight excluding hydrogens is 496 g/mol.